The summed E-state index contributed by atoms with van der Waals surface area (Å²) in [6.07, 6.45) is 2.35. The summed E-state index contributed by atoms with van der Waals surface area (Å²) in [5, 5.41) is 9.48. The van der Waals surface area contributed by atoms with Crippen molar-refractivity contribution in [2.75, 3.05) is 6.54 Å². The van der Waals surface area contributed by atoms with E-state index in [1.807, 2.05) is 60.0 Å². The summed E-state index contributed by atoms with van der Waals surface area (Å²) in [5.41, 5.74) is 2.14. The number of aryl methyl sites for hydroxylation is 2. The molecule has 4 rings (SSSR count). The molecule has 4 aromatic rings. The molecule has 0 unspecified atom stereocenters. The first kappa shape index (κ1) is 19.1. The van der Waals surface area contributed by atoms with Crippen molar-refractivity contribution < 1.29 is 4.79 Å². The van der Waals surface area contributed by atoms with Gasteiger partial charge in [0.2, 0.25) is 5.82 Å². The van der Waals surface area contributed by atoms with Crippen molar-refractivity contribution in [3.8, 4) is 5.69 Å². The van der Waals surface area contributed by atoms with Crippen molar-refractivity contribution in [3.63, 3.8) is 0 Å². The molecule has 2 heterocycles. The molecule has 0 bridgehead atoms. The van der Waals surface area contributed by atoms with E-state index in [2.05, 4.69) is 33.6 Å². The molecule has 1 N–H and O–H groups in total. The number of hydrogen-bond donors (Lipinski definition) is 1. The second-order valence-corrected chi connectivity index (χ2v) is 7.70. The van der Waals surface area contributed by atoms with E-state index in [0.29, 0.717) is 13.0 Å². The molecule has 0 aliphatic heterocycles. The molecule has 2 aromatic carbocycles. The van der Waals surface area contributed by atoms with Gasteiger partial charge < -0.3 is 5.32 Å². The van der Waals surface area contributed by atoms with Crippen molar-refractivity contribution in [1.29, 1.82) is 0 Å². The zero-order valence-corrected chi connectivity index (χ0v) is 16.8. The van der Waals surface area contributed by atoms with Crippen LogP contribution in [0.1, 0.15) is 26.9 Å². The van der Waals surface area contributed by atoms with Crippen molar-refractivity contribution in [1.82, 2.24) is 20.1 Å². The number of benzene rings is 2. The van der Waals surface area contributed by atoms with Crippen LogP contribution < -0.4 is 5.32 Å². The summed E-state index contributed by atoms with van der Waals surface area (Å²) < 4.78 is 1.77. The van der Waals surface area contributed by atoms with Crippen LogP contribution in [0.15, 0.2) is 78.2 Å². The Labute approximate surface area is 174 Å². The summed E-state index contributed by atoms with van der Waals surface area (Å²) in [6, 6.07) is 24.2. The Bertz CT molecular complexity index is 1040. The number of para-hydroxylation sites is 1. The highest BCUT2D eigenvalue weighted by molar-refractivity contribution is 7.09. The van der Waals surface area contributed by atoms with Gasteiger partial charge in [-0.25, -0.2) is 9.67 Å². The molecular formula is C23H22N4OS. The molecule has 1 amide bonds. The number of nitrogens with zero attached hydrogens (tertiary/aromatic N) is 3. The molecule has 0 saturated carbocycles. The second kappa shape index (κ2) is 9.30. The highest BCUT2D eigenvalue weighted by atomic mass is 32.1. The minimum absolute atomic E-state index is 0.211. The summed E-state index contributed by atoms with van der Waals surface area (Å²) in [5.74, 6) is 0.753. The first-order chi connectivity index (χ1) is 14.3. The average Bonchev–Trinajstić information content (AvgIpc) is 3.44. The lowest BCUT2D eigenvalue weighted by Gasteiger charge is -2.05. The lowest BCUT2D eigenvalue weighted by molar-refractivity contribution is 0.0944. The predicted molar refractivity (Wildman–Crippen MR) is 116 cm³/mol. The van der Waals surface area contributed by atoms with Gasteiger partial charge in [0.1, 0.15) is 5.82 Å². The smallest absolute Gasteiger partial charge is 0.290 e. The third-order valence-corrected chi connectivity index (χ3v) is 5.53. The molecule has 2 aromatic heterocycles. The van der Waals surface area contributed by atoms with E-state index in [0.717, 1.165) is 24.4 Å². The van der Waals surface area contributed by atoms with Gasteiger partial charge >= 0.3 is 0 Å². The Kier molecular flexibility index (Phi) is 6.12. The maximum atomic E-state index is 12.6. The highest BCUT2D eigenvalue weighted by Crippen LogP contribution is 2.13. The number of hydrogen-bond acceptors (Lipinski definition) is 4. The van der Waals surface area contributed by atoms with E-state index < -0.39 is 0 Å². The van der Waals surface area contributed by atoms with E-state index in [-0.39, 0.29) is 11.7 Å². The monoisotopic (exact) mass is 402 g/mol. The lowest BCUT2D eigenvalue weighted by Crippen LogP contribution is -2.26. The van der Waals surface area contributed by atoms with Crippen LogP contribution in [0, 0.1) is 0 Å². The SMILES string of the molecule is O=C(NCCc1cccs1)c1nc(CCc2ccccc2)n(-c2ccccc2)n1. The Morgan fingerprint density at radius 1 is 0.897 bits per heavy atom. The number of carbonyl (C=O) groups excluding carboxylic acids is 1. The summed E-state index contributed by atoms with van der Waals surface area (Å²) in [6.45, 7) is 0.568. The van der Waals surface area contributed by atoms with Gasteiger partial charge in [-0.15, -0.1) is 16.4 Å². The molecule has 0 aliphatic carbocycles. The normalized spacial score (nSPS) is 10.8. The quantitative estimate of drug-likeness (QED) is 0.483. The molecule has 0 spiro atoms. The molecule has 29 heavy (non-hydrogen) atoms. The minimum Gasteiger partial charge on any atom is -0.349 e. The fourth-order valence-electron chi connectivity index (χ4n) is 3.11. The van der Waals surface area contributed by atoms with E-state index in [1.165, 1.54) is 10.4 Å². The summed E-state index contributed by atoms with van der Waals surface area (Å²) >= 11 is 1.69. The number of amides is 1. The van der Waals surface area contributed by atoms with Crippen molar-refractivity contribution in [2.45, 2.75) is 19.3 Å². The van der Waals surface area contributed by atoms with E-state index in [4.69, 9.17) is 0 Å². The van der Waals surface area contributed by atoms with Crippen LogP contribution in [0.4, 0.5) is 0 Å². The van der Waals surface area contributed by atoms with Crippen LogP contribution in [-0.4, -0.2) is 27.2 Å². The van der Waals surface area contributed by atoms with E-state index in [9.17, 15) is 4.79 Å². The van der Waals surface area contributed by atoms with Gasteiger partial charge in [0.25, 0.3) is 5.91 Å². The van der Waals surface area contributed by atoms with Crippen molar-refractivity contribution >= 4 is 17.2 Å². The van der Waals surface area contributed by atoms with Gasteiger partial charge in [-0.1, -0.05) is 54.6 Å². The Balaban J connectivity index is 1.50. The number of thiophene rings is 1. The Morgan fingerprint density at radius 3 is 2.38 bits per heavy atom. The van der Waals surface area contributed by atoms with Gasteiger partial charge in [-0.05, 0) is 42.0 Å². The van der Waals surface area contributed by atoms with Gasteiger partial charge in [-0.2, -0.15) is 0 Å². The molecule has 0 aliphatic rings. The Hall–Kier alpha value is -3.25. The highest BCUT2D eigenvalue weighted by Gasteiger charge is 2.17. The maximum Gasteiger partial charge on any atom is 0.290 e. The molecule has 0 radical (unpaired) electrons. The number of carbonyl (C=O) groups is 1. The number of nitrogens with one attached hydrogen (secondary N) is 1. The number of aromatic nitrogens is 3. The molecule has 0 fully saturated rings. The third-order valence-electron chi connectivity index (χ3n) is 4.60. The summed E-state index contributed by atoms with van der Waals surface area (Å²) in [7, 11) is 0. The van der Waals surface area contributed by atoms with Gasteiger partial charge in [0.15, 0.2) is 0 Å². The lowest BCUT2D eigenvalue weighted by atomic mass is 10.1. The standard InChI is InChI=1S/C23H22N4OS/c28-23(24-16-15-20-12-7-17-29-20)22-25-21(14-13-18-8-3-1-4-9-18)27(26-22)19-10-5-2-6-11-19/h1-12,17H,13-16H2,(H,24,28). The molecule has 6 heteroatoms. The topological polar surface area (TPSA) is 59.8 Å². The first-order valence-corrected chi connectivity index (χ1v) is 10.5. The Morgan fingerprint density at radius 2 is 1.66 bits per heavy atom. The van der Waals surface area contributed by atoms with Crippen LogP contribution in [0.3, 0.4) is 0 Å². The number of rotatable bonds is 8. The largest absolute Gasteiger partial charge is 0.349 e. The second-order valence-electron chi connectivity index (χ2n) is 6.67. The zero-order chi connectivity index (χ0) is 19.9. The van der Waals surface area contributed by atoms with Crippen molar-refractivity contribution in [2.24, 2.45) is 0 Å². The molecular weight excluding hydrogens is 380 g/mol. The van der Waals surface area contributed by atoms with Gasteiger partial charge in [-0.3, -0.25) is 4.79 Å². The van der Waals surface area contributed by atoms with Gasteiger partial charge in [0.05, 0.1) is 5.69 Å². The zero-order valence-electron chi connectivity index (χ0n) is 16.0. The van der Waals surface area contributed by atoms with Crippen LogP contribution in [0.2, 0.25) is 0 Å². The summed E-state index contributed by atoms with van der Waals surface area (Å²) in [4.78, 5) is 18.4. The van der Waals surface area contributed by atoms with E-state index in [1.54, 1.807) is 16.0 Å². The third kappa shape index (κ3) is 4.97. The average molecular weight is 403 g/mol. The van der Waals surface area contributed by atoms with Crippen molar-refractivity contribution in [3.05, 3.63) is 100 Å². The molecule has 0 atom stereocenters. The molecule has 0 saturated heterocycles. The van der Waals surface area contributed by atoms with Crippen LogP contribution >= 0.6 is 11.3 Å². The molecule has 5 nitrogen and oxygen atoms in total. The van der Waals surface area contributed by atoms with Crippen LogP contribution in [0.25, 0.3) is 5.69 Å². The predicted octanol–water partition coefficient (Wildman–Crippen LogP) is 4.09. The fourth-order valence-corrected chi connectivity index (χ4v) is 3.82. The maximum absolute atomic E-state index is 12.6. The van der Waals surface area contributed by atoms with Crippen LogP contribution in [-0.2, 0) is 19.3 Å². The van der Waals surface area contributed by atoms with Gasteiger partial charge in [0, 0.05) is 17.8 Å². The first-order valence-electron chi connectivity index (χ1n) is 9.65. The van der Waals surface area contributed by atoms with E-state index >= 15 is 0 Å². The fraction of sp³-hybridized carbons (Fsp3) is 0.174. The molecule has 146 valence electrons. The minimum atomic E-state index is -0.239. The van der Waals surface area contributed by atoms with Crippen LogP contribution in [0.5, 0.6) is 0 Å².